The quantitative estimate of drug-likeness (QED) is 0.715. The molecule has 0 fully saturated rings. The van der Waals surface area contributed by atoms with Crippen LogP contribution in [0.25, 0.3) is 0 Å². The second-order valence-corrected chi connectivity index (χ2v) is 4.23. The number of rotatable bonds is 6. The second-order valence-electron chi connectivity index (χ2n) is 3.80. The third-order valence-corrected chi connectivity index (χ3v) is 2.54. The summed E-state index contributed by atoms with van der Waals surface area (Å²) in [6.45, 7) is 0.787. The van der Waals surface area contributed by atoms with Crippen LogP contribution in [-0.2, 0) is 9.59 Å². The number of benzene rings is 1. The highest BCUT2D eigenvalue weighted by atomic mass is 35.5. The lowest BCUT2D eigenvalue weighted by molar-refractivity contribution is -0.144. The minimum atomic E-state index is -1.34. The Bertz CT molecular complexity index is 448. The minimum Gasteiger partial charge on any atom is -0.481 e. The normalized spacial score (nSPS) is 13.4. The molecule has 1 aromatic rings. The number of carbonyl (C=O) groups excluding carboxylic acids is 1. The molecule has 0 heterocycles. The van der Waals surface area contributed by atoms with Crippen molar-refractivity contribution < 1.29 is 24.5 Å². The van der Waals surface area contributed by atoms with Crippen LogP contribution in [0, 0.1) is 0 Å². The van der Waals surface area contributed by atoms with Gasteiger partial charge in [-0.3, -0.25) is 4.79 Å². The van der Waals surface area contributed by atoms with E-state index in [-0.39, 0.29) is 0 Å². The van der Waals surface area contributed by atoms with Crippen LogP contribution in [0.4, 0.5) is 0 Å². The number of nitrogens with one attached hydrogen (secondary N) is 1. The first kappa shape index (κ1) is 15.3. The van der Waals surface area contributed by atoms with E-state index in [2.05, 4.69) is 5.32 Å². The summed E-state index contributed by atoms with van der Waals surface area (Å²) in [4.78, 5) is 22.3. The van der Waals surface area contributed by atoms with Crippen molar-refractivity contribution in [1.29, 1.82) is 0 Å². The van der Waals surface area contributed by atoms with E-state index in [0.717, 1.165) is 0 Å². The van der Waals surface area contributed by atoms with Gasteiger partial charge in [-0.2, -0.15) is 0 Å². The highest BCUT2D eigenvalue weighted by Gasteiger charge is 2.23. The Morgan fingerprint density at radius 3 is 2.42 bits per heavy atom. The van der Waals surface area contributed by atoms with Crippen LogP contribution in [-0.4, -0.2) is 40.8 Å². The monoisotopic (exact) mass is 287 g/mol. The Balaban J connectivity index is 2.57. The standard InChI is InChI=1S/C12H14ClNO5/c1-7(11(16)14-10(6-15)12(17)18)19-9-4-2-8(13)3-5-9/h2-5,7,10,15H,6H2,1H3,(H,14,16)(H,17,18)/t7?,10-/m0/s1. The highest BCUT2D eigenvalue weighted by Crippen LogP contribution is 2.16. The van der Waals surface area contributed by atoms with E-state index in [1.54, 1.807) is 24.3 Å². The SMILES string of the molecule is CC(Oc1ccc(Cl)cc1)C(=O)N[C@@H](CO)C(=O)O. The van der Waals surface area contributed by atoms with E-state index < -0.39 is 30.6 Å². The van der Waals surface area contributed by atoms with Gasteiger partial charge in [0, 0.05) is 5.02 Å². The first-order valence-corrected chi connectivity index (χ1v) is 5.88. The van der Waals surface area contributed by atoms with Crippen LogP contribution < -0.4 is 10.1 Å². The maximum atomic E-state index is 11.7. The first-order valence-electron chi connectivity index (χ1n) is 5.50. The zero-order chi connectivity index (χ0) is 14.4. The van der Waals surface area contributed by atoms with Crippen molar-refractivity contribution in [2.24, 2.45) is 0 Å². The minimum absolute atomic E-state index is 0.433. The summed E-state index contributed by atoms with van der Waals surface area (Å²) in [7, 11) is 0. The number of aliphatic carboxylic acids is 1. The maximum Gasteiger partial charge on any atom is 0.328 e. The molecule has 0 aliphatic rings. The van der Waals surface area contributed by atoms with Gasteiger partial charge in [-0.15, -0.1) is 0 Å². The predicted octanol–water partition coefficient (Wildman–Crippen LogP) is 0.669. The van der Waals surface area contributed by atoms with Crippen molar-refractivity contribution in [2.75, 3.05) is 6.61 Å². The lowest BCUT2D eigenvalue weighted by Crippen LogP contribution is -2.48. The second kappa shape index (κ2) is 6.96. The van der Waals surface area contributed by atoms with Crippen molar-refractivity contribution in [3.05, 3.63) is 29.3 Å². The molecule has 104 valence electrons. The molecular formula is C12H14ClNO5. The summed E-state index contributed by atoms with van der Waals surface area (Å²) >= 11 is 5.71. The van der Waals surface area contributed by atoms with E-state index >= 15 is 0 Å². The van der Waals surface area contributed by atoms with Crippen molar-refractivity contribution >= 4 is 23.5 Å². The summed E-state index contributed by atoms with van der Waals surface area (Å²) in [5.74, 6) is -1.51. The van der Waals surface area contributed by atoms with Gasteiger partial charge in [0.2, 0.25) is 0 Å². The molecule has 0 aromatic heterocycles. The van der Waals surface area contributed by atoms with Crippen molar-refractivity contribution in [3.8, 4) is 5.75 Å². The summed E-state index contributed by atoms with van der Waals surface area (Å²) in [5.41, 5.74) is 0. The maximum absolute atomic E-state index is 11.7. The number of halogens is 1. The number of aliphatic hydroxyl groups excluding tert-OH is 1. The molecule has 0 spiro atoms. The molecule has 1 aromatic carbocycles. The smallest absolute Gasteiger partial charge is 0.328 e. The molecule has 1 amide bonds. The van der Waals surface area contributed by atoms with Crippen LogP contribution in [0.5, 0.6) is 5.75 Å². The number of carboxylic acids is 1. The largest absolute Gasteiger partial charge is 0.481 e. The molecule has 6 nitrogen and oxygen atoms in total. The van der Waals surface area contributed by atoms with Gasteiger partial charge in [0.25, 0.3) is 5.91 Å². The molecule has 7 heteroatoms. The van der Waals surface area contributed by atoms with E-state index in [0.29, 0.717) is 10.8 Å². The summed E-state index contributed by atoms with van der Waals surface area (Å²) in [5, 5.41) is 20.2. The Morgan fingerprint density at radius 1 is 1.37 bits per heavy atom. The Kier molecular flexibility index (Phi) is 5.59. The van der Waals surface area contributed by atoms with Gasteiger partial charge in [0.1, 0.15) is 11.8 Å². The van der Waals surface area contributed by atoms with E-state index in [1.165, 1.54) is 6.92 Å². The van der Waals surface area contributed by atoms with Gasteiger partial charge < -0.3 is 20.3 Å². The fourth-order valence-electron chi connectivity index (χ4n) is 1.25. The van der Waals surface area contributed by atoms with Crippen molar-refractivity contribution in [3.63, 3.8) is 0 Å². The van der Waals surface area contributed by atoms with Crippen molar-refractivity contribution in [2.45, 2.75) is 19.1 Å². The van der Waals surface area contributed by atoms with E-state index in [4.69, 9.17) is 26.6 Å². The van der Waals surface area contributed by atoms with Crippen molar-refractivity contribution in [1.82, 2.24) is 5.32 Å². The zero-order valence-electron chi connectivity index (χ0n) is 10.2. The van der Waals surface area contributed by atoms with Gasteiger partial charge >= 0.3 is 5.97 Å². The molecular weight excluding hydrogens is 274 g/mol. The molecule has 19 heavy (non-hydrogen) atoms. The summed E-state index contributed by atoms with van der Waals surface area (Å²) in [6.07, 6.45) is -0.894. The fraction of sp³-hybridized carbons (Fsp3) is 0.333. The van der Waals surface area contributed by atoms with Crippen LogP contribution >= 0.6 is 11.6 Å². The average Bonchev–Trinajstić information content (AvgIpc) is 2.37. The van der Waals surface area contributed by atoms with Gasteiger partial charge in [-0.25, -0.2) is 4.79 Å². The molecule has 2 atom stereocenters. The van der Waals surface area contributed by atoms with Gasteiger partial charge in [-0.1, -0.05) is 11.6 Å². The summed E-state index contributed by atoms with van der Waals surface area (Å²) < 4.78 is 5.31. The molecule has 1 rings (SSSR count). The lowest BCUT2D eigenvalue weighted by atomic mass is 10.2. The van der Waals surface area contributed by atoms with E-state index in [9.17, 15) is 9.59 Å². The molecule has 3 N–H and O–H groups in total. The number of hydrogen-bond donors (Lipinski definition) is 3. The van der Waals surface area contributed by atoms with Gasteiger partial charge in [-0.05, 0) is 31.2 Å². The first-order chi connectivity index (χ1) is 8.93. The number of hydrogen-bond acceptors (Lipinski definition) is 4. The summed E-state index contributed by atoms with van der Waals surface area (Å²) in [6, 6.07) is 5.05. The third-order valence-electron chi connectivity index (χ3n) is 2.29. The van der Waals surface area contributed by atoms with Gasteiger partial charge in [0.05, 0.1) is 6.61 Å². The Labute approximate surface area is 114 Å². The average molecular weight is 288 g/mol. The van der Waals surface area contributed by atoms with E-state index in [1.807, 2.05) is 0 Å². The van der Waals surface area contributed by atoms with Gasteiger partial charge in [0.15, 0.2) is 6.10 Å². The highest BCUT2D eigenvalue weighted by molar-refractivity contribution is 6.30. The van der Waals surface area contributed by atoms with Crippen LogP contribution in [0.15, 0.2) is 24.3 Å². The Hall–Kier alpha value is -1.79. The molecule has 0 saturated carbocycles. The number of carbonyl (C=O) groups is 2. The molecule has 1 unspecified atom stereocenters. The number of ether oxygens (including phenoxy) is 1. The van der Waals surface area contributed by atoms with Crippen LogP contribution in [0.1, 0.15) is 6.92 Å². The van der Waals surface area contributed by atoms with Crippen LogP contribution in [0.2, 0.25) is 5.02 Å². The number of aliphatic hydroxyl groups is 1. The molecule has 0 radical (unpaired) electrons. The molecule has 0 bridgehead atoms. The topological polar surface area (TPSA) is 95.9 Å². The fourth-order valence-corrected chi connectivity index (χ4v) is 1.37. The molecule has 0 aliphatic heterocycles. The number of carboxylic acid groups (broad SMARTS) is 1. The predicted molar refractivity (Wildman–Crippen MR) is 68.2 cm³/mol. The lowest BCUT2D eigenvalue weighted by Gasteiger charge is -2.17. The van der Waals surface area contributed by atoms with Crippen LogP contribution in [0.3, 0.4) is 0 Å². The zero-order valence-corrected chi connectivity index (χ0v) is 10.9. The third kappa shape index (κ3) is 4.76. The number of amides is 1. The molecule has 0 saturated heterocycles. The molecule has 0 aliphatic carbocycles. The Morgan fingerprint density at radius 2 is 1.95 bits per heavy atom.